The zero-order chi connectivity index (χ0) is 17.9. The Morgan fingerprint density at radius 2 is 2.12 bits per heavy atom. The van der Waals surface area contributed by atoms with Gasteiger partial charge >= 0.3 is 0 Å². The van der Waals surface area contributed by atoms with E-state index in [1.807, 2.05) is 16.8 Å². The molecule has 2 aromatic heterocycles. The van der Waals surface area contributed by atoms with Gasteiger partial charge in [-0.1, -0.05) is 12.1 Å². The molecular formula is C17H16N6O3. The summed E-state index contributed by atoms with van der Waals surface area (Å²) in [6.45, 7) is -0.163. The van der Waals surface area contributed by atoms with Crippen molar-refractivity contribution in [2.24, 2.45) is 0 Å². The van der Waals surface area contributed by atoms with Gasteiger partial charge in [0.15, 0.2) is 11.6 Å². The van der Waals surface area contributed by atoms with Gasteiger partial charge in [0.1, 0.15) is 0 Å². The van der Waals surface area contributed by atoms with E-state index in [4.69, 9.17) is 4.42 Å². The molecular weight excluding hydrogens is 336 g/mol. The van der Waals surface area contributed by atoms with E-state index in [1.165, 1.54) is 12.3 Å². The molecule has 1 aliphatic rings. The molecule has 0 radical (unpaired) electrons. The van der Waals surface area contributed by atoms with Gasteiger partial charge in [-0.3, -0.25) is 9.59 Å². The largest absolute Gasteiger partial charge is 0.459 e. The van der Waals surface area contributed by atoms with Crippen LogP contribution in [0, 0.1) is 0 Å². The van der Waals surface area contributed by atoms with Crippen LogP contribution in [0.1, 0.15) is 29.4 Å². The summed E-state index contributed by atoms with van der Waals surface area (Å²) in [7, 11) is 0. The highest BCUT2D eigenvalue weighted by molar-refractivity contribution is 5.98. The first-order valence-corrected chi connectivity index (χ1v) is 8.20. The first-order valence-electron chi connectivity index (χ1n) is 8.20. The van der Waals surface area contributed by atoms with Gasteiger partial charge in [-0.25, -0.2) is 4.68 Å². The molecule has 3 aromatic rings. The molecule has 1 fully saturated rings. The summed E-state index contributed by atoms with van der Waals surface area (Å²) in [4.78, 5) is 23.8. The number of tetrazole rings is 1. The third kappa shape index (κ3) is 3.46. The SMILES string of the molecule is O=C(CNC(=O)c1ccco1)Nc1cccc(-c2nnnn2C2CC2)c1. The molecule has 2 amide bonds. The molecule has 26 heavy (non-hydrogen) atoms. The van der Waals surface area contributed by atoms with Crippen molar-refractivity contribution in [3.63, 3.8) is 0 Å². The highest BCUT2D eigenvalue weighted by atomic mass is 16.3. The Labute approximate surface area is 148 Å². The number of hydrogen-bond donors (Lipinski definition) is 2. The first kappa shape index (κ1) is 16.0. The van der Waals surface area contributed by atoms with Crippen molar-refractivity contribution in [1.82, 2.24) is 25.5 Å². The smallest absolute Gasteiger partial charge is 0.287 e. The first-order chi connectivity index (χ1) is 12.7. The Morgan fingerprint density at radius 1 is 1.23 bits per heavy atom. The maximum Gasteiger partial charge on any atom is 0.287 e. The Balaban J connectivity index is 1.39. The van der Waals surface area contributed by atoms with Gasteiger partial charge in [0.25, 0.3) is 5.91 Å². The third-order valence-corrected chi connectivity index (χ3v) is 3.94. The van der Waals surface area contributed by atoms with Crippen molar-refractivity contribution >= 4 is 17.5 Å². The van der Waals surface area contributed by atoms with Crippen LogP contribution in [0.4, 0.5) is 5.69 Å². The van der Waals surface area contributed by atoms with Crippen molar-refractivity contribution in [3.8, 4) is 11.4 Å². The minimum atomic E-state index is -0.442. The van der Waals surface area contributed by atoms with Gasteiger partial charge < -0.3 is 15.1 Å². The number of nitrogens with zero attached hydrogens (tertiary/aromatic N) is 4. The number of aromatic nitrogens is 4. The van der Waals surface area contributed by atoms with E-state index in [0.717, 1.165) is 18.4 Å². The number of nitrogens with one attached hydrogen (secondary N) is 2. The Hall–Kier alpha value is -3.49. The van der Waals surface area contributed by atoms with Crippen molar-refractivity contribution in [2.45, 2.75) is 18.9 Å². The van der Waals surface area contributed by atoms with Gasteiger partial charge in [-0.2, -0.15) is 0 Å². The van der Waals surface area contributed by atoms with Crippen LogP contribution in [-0.2, 0) is 4.79 Å². The molecule has 0 unspecified atom stereocenters. The minimum Gasteiger partial charge on any atom is -0.459 e. The van der Waals surface area contributed by atoms with Crippen LogP contribution >= 0.6 is 0 Å². The van der Waals surface area contributed by atoms with Crippen LogP contribution in [0.2, 0.25) is 0 Å². The second-order valence-corrected chi connectivity index (χ2v) is 5.97. The van der Waals surface area contributed by atoms with E-state index in [-0.39, 0.29) is 18.2 Å². The number of hydrogen-bond acceptors (Lipinski definition) is 6. The minimum absolute atomic E-state index is 0.159. The Morgan fingerprint density at radius 3 is 2.88 bits per heavy atom. The summed E-state index contributed by atoms with van der Waals surface area (Å²) >= 11 is 0. The second-order valence-electron chi connectivity index (χ2n) is 5.97. The lowest BCUT2D eigenvalue weighted by molar-refractivity contribution is -0.115. The molecule has 2 heterocycles. The summed E-state index contributed by atoms with van der Waals surface area (Å²) in [5.74, 6) is 0.0489. The lowest BCUT2D eigenvalue weighted by atomic mass is 10.2. The van der Waals surface area contributed by atoms with Gasteiger partial charge in [0, 0.05) is 11.3 Å². The predicted molar refractivity (Wildman–Crippen MR) is 91.2 cm³/mol. The molecule has 1 aliphatic carbocycles. The zero-order valence-corrected chi connectivity index (χ0v) is 13.8. The van der Waals surface area contributed by atoms with E-state index in [1.54, 1.807) is 18.2 Å². The summed E-state index contributed by atoms with van der Waals surface area (Å²) in [6.07, 6.45) is 3.55. The fraction of sp³-hybridized carbons (Fsp3) is 0.235. The highest BCUT2D eigenvalue weighted by Gasteiger charge is 2.28. The summed E-state index contributed by atoms with van der Waals surface area (Å²) in [6, 6.07) is 10.8. The van der Waals surface area contributed by atoms with Crippen LogP contribution in [0.5, 0.6) is 0 Å². The number of benzene rings is 1. The molecule has 0 spiro atoms. The summed E-state index contributed by atoms with van der Waals surface area (Å²) in [5.41, 5.74) is 1.42. The number of carbonyl (C=O) groups is 2. The van der Waals surface area contributed by atoms with Gasteiger partial charge in [0.05, 0.1) is 18.8 Å². The number of amides is 2. The third-order valence-electron chi connectivity index (χ3n) is 3.94. The van der Waals surface area contributed by atoms with E-state index >= 15 is 0 Å². The number of furan rings is 1. The van der Waals surface area contributed by atoms with E-state index in [2.05, 4.69) is 26.2 Å². The second kappa shape index (κ2) is 6.79. The molecule has 0 bridgehead atoms. The standard InChI is InChI=1S/C17H16N6O3/c24-15(10-18-17(25)14-5-2-8-26-14)19-12-4-1-3-11(9-12)16-20-21-22-23(16)13-6-7-13/h1-5,8-9,13H,6-7,10H2,(H,18,25)(H,19,24). The van der Waals surface area contributed by atoms with Crippen LogP contribution in [0.3, 0.4) is 0 Å². The van der Waals surface area contributed by atoms with Gasteiger partial charge in [-0.15, -0.1) is 5.10 Å². The predicted octanol–water partition coefficient (Wildman–Crippen LogP) is 1.64. The molecule has 0 saturated heterocycles. The number of carbonyl (C=O) groups excluding carboxylic acids is 2. The van der Waals surface area contributed by atoms with E-state index in [9.17, 15) is 9.59 Å². The lowest BCUT2D eigenvalue weighted by Crippen LogP contribution is -2.32. The normalized spacial score (nSPS) is 13.4. The van der Waals surface area contributed by atoms with E-state index < -0.39 is 5.91 Å². The van der Waals surface area contributed by atoms with Crippen molar-refractivity contribution in [2.75, 3.05) is 11.9 Å². The summed E-state index contributed by atoms with van der Waals surface area (Å²) in [5, 5.41) is 17.1. The molecule has 1 saturated carbocycles. The van der Waals surface area contributed by atoms with Crippen molar-refractivity contribution < 1.29 is 14.0 Å². The quantitative estimate of drug-likeness (QED) is 0.697. The highest BCUT2D eigenvalue weighted by Crippen LogP contribution is 2.36. The Kier molecular flexibility index (Phi) is 4.18. The van der Waals surface area contributed by atoms with Crippen LogP contribution < -0.4 is 10.6 Å². The van der Waals surface area contributed by atoms with Gasteiger partial charge in [-0.05, 0) is 47.5 Å². The Bertz CT molecular complexity index is 930. The molecule has 9 heteroatoms. The van der Waals surface area contributed by atoms with Crippen LogP contribution in [0.25, 0.3) is 11.4 Å². The average molecular weight is 352 g/mol. The lowest BCUT2D eigenvalue weighted by Gasteiger charge is -2.08. The molecule has 2 N–H and O–H groups in total. The topological polar surface area (TPSA) is 115 Å². The molecule has 4 rings (SSSR count). The molecule has 1 aromatic carbocycles. The monoisotopic (exact) mass is 352 g/mol. The van der Waals surface area contributed by atoms with Crippen LogP contribution in [0.15, 0.2) is 47.1 Å². The molecule has 0 aliphatic heterocycles. The maximum atomic E-state index is 12.1. The molecule has 9 nitrogen and oxygen atoms in total. The maximum absolute atomic E-state index is 12.1. The fourth-order valence-electron chi connectivity index (χ4n) is 2.55. The van der Waals surface area contributed by atoms with Crippen molar-refractivity contribution in [1.29, 1.82) is 0 Å². The average Bonchev–Trinajstić information content (AvgIpc) is 3.13. The fourth-order valence-corrected chi connectivity index (χ4v) is 2.55. The van der Waals surface area contributed by atoms with E-state index in [0.29, 0.717) is 17.6 Å². The molecule has 0 atom stereocenters. The van der Waals surface area contributed by atoms with Crippen molar-refractivity contribution in [3.05, 3.63) is 48.4 Å². The number of rotatable bonds is 6. The number of anilines is 1. The van der Waals surface area contributed by atoms with Crippen LogP contribution in [-0.4, -0.2) is 38.6 Å². The molecule has 132 valence electrons. The summed E-state index contributed by atoms with van der Waals surface area (Å²) < 4.78 is 6.78. The van der Waals surface area contributed by atoms with Gasteiger partial charge in [0.2, 0.25) is 5.91 Å². The zero-order valence-electron chi connectivity index (χ0n) is 13.8.